The Morgan fingerprint density at radius 2 is 1.94 bits per heavy atom. The van der Waals surface area contributed by atoms with E-state index in [1.165, 1.54) is 6.20 Å². The lowest BCUT2D eigenvalue weighted by Gasteiger charge is -2.34. The highest BCUT2D eigenvalue weighted by molar-refractivity contribution is 6.09. The van der Waals surface area contributed by atoms with Crippen LogP contribution in [0.1, 0.15) is 13.8 Å². The zero-order valence-electron chi connectivity index (χ0n) is 19.3. The molecule has 4 heterocycles. The Kier molecular flexibility index (Phi) is 5.81. The van der Waals surface area contributed by atoms with Gasteiger partial charge >= 0.3 is 6.16 Å². The summed E-state index contributed by atoms with van der Waals surface area (Å²) in [7, 11) is 0. The van der Waals surface area contributed by atoms with E-state index in [1.54, 1.807) is 26.1 Å². The van der Waals surface area contributed by atoms with Crippen LogP contribution in [0.2, 0.25) is 0 Å². The van der Waals surface area contributed by atoms with Crippen molar-refractivity contribution in [3.05, 3.63) is 47.0 Å². The number of amides is 1. The van der Waals surface area contributed by atoms with Crippen molar-refractivity contribution < 1.29 is 19.1 Å². The fourth-order valence-corrected chi connectivity index (χ4v) is 4.26. The third kappa shape index (κ3) is 4.27. The van der Waals surface area contributed by atoms with E-state index in [0.717, 1.165) is 5.56 Å². The molecule has 4 aromatic rings. The SMILES string of the molecule is CCOC(=O)Oc1c[nH]c2c(=O)[nH]c3ccc(-c4ccnc(N5CCN(C(C)=O)CC5)n4)cc3c12. The number of piperazine rings is 1. The Labute approximate surface area is 199 Å². The van der Waals surface area contributed by atoms with Gasteiger partial charge in [0.2, 0.25) is 11.9 Å². The maximum atomic E-state index is 12.5. The van der Waals surface area contributed by atoms with E-state index < -0.39 is 6.16 Å². The van der Waals surface area contributed by atoms with Gasteiger partial charge in [0.25, 0.3) is 5.56 Å². The Hall–Kier alpha value is -4.41. The summed E-state index contributed by atoms with van der Waals surface area (Å²) in [6.07, 6.45) is 2.32. The summed E-state index contributed by atoms with van der Waals surface area (Å²) in [6.45, 7) is 5.99. The molecule has 180 valence electrons. The fraction of sp³-hybridized carbons (Fsp3) is 0.292. The van der Waals surface area contributed by atoms with E-state index >= 15 is 0 Å². The van der Waals surface area contributed by atoms with Crippen LogP contribution in [0.15, 0.2) is 41.5 Å². The molecule has 0 radical (unpaired) electrons. The molecule has 3 aromatic heterocycles. The molecule has 1 aliphatic rings. The minimum atomic E-state index is -0.844. The van der Waals surface area contributed by atoms with Crippen LogP contribution in [0, 0.1) is 0 Å². The number of carbonyl (C=O) groups excluding carboxylic acids is 2. The van der Waals surface area contributed by atoms with Gasteiger partial charge in [-0.2, -0.15) is 0 Å². The molecule has 0 spiro atoms. The Bertz CT molecular complexity index is 1490. The molecule has 0 unspecified atom stereocenters. The van der Waals surface area contributed by atoms with Crippen molar-refractivity contribution in [1.82, 2.24) is 24.8 Å². The summed E-state index contributed by atoms with van der Waals surface area (Å²) in [5.74, 6) is 0.861. The van der Waals surface area contributed by atoms with Crippen LogP contribution in [-0.2, 0) is 9.53 Å². The molecule has 1 aromatic carbocycles. The van der Waals surface area contributed by atoms with Crippen molar-refractivity contribution in [2.24, 2.45) is 0 Å². The van der Waals surface area contributed by atoms with Crippen LogP contribution < -0.4 is 15.2 Å². The normalized spacial score (nSPS) is 13.9. The van der Waals surface area contributed by atoms with Crippen molar-refractivity contribution in [3.8, 4) is 17.0 Å². The number of aromatic nitrogens is 4. The van der Waals surface area contributed by atoms with E-state index in [1.807, 2.05) is 23.1 Å². The third-order valence-electron chi connectivity index (χ3n) is 6.01. The number of nitrogens with zero attached hydrogens (tertiary/aromatic N) is 4. The van der Waals surface area contributed by atoms with Crippen LogP contribution >= 0.6 is 0 Å². The molecule has 1 fully saturated rings. The number of rotatable bonds is 4. The van der Waals surface area contributed by atoms with Crippen molar-refractivity contribution in [2.45, 2.75) is 13.8 Å². The Morgan fingerprint density at radius 1 is 1.14 bits per heavy atom. The lowest BCUT2D eigenvalue weighted by molar-refractivity contribution is -0.129. The Morgan fingerprint density at radius 3 is 2.69 bits per heavy atom. The minimum Gasteiger partial charge on any atom is -0.434 e. The topological polar surface area (TPSA) is 134 Å². The van der Waals surface area contributed by atoms with Gasteiger partial charge in [-0.3, -0.25) is 9.59 Å². The Balaban J connectivity index is 1.53. The zero-order valence-corrected chi connectivity index (χ0v) is 19.3. The lowest BCUT2D eigenvalue weighted by Crippen LogP contribution is -2.48. The number of aromatic amines is 2. The lowest BCUT2D eigenvalue weighted by atomic mass is 10.1. The minimum absolute atomic E-state index is 0.0656. The highest BCUT2D eigenvalue weighted by Gasteiger charge is 2.21. The molecule has 0 aliphatic carbocycles. The summed E-state index contributed by atoms with van der Waals surface area (Å²) in [6, 6.07) is 7.36. The van der Waals surface area contributed by atoms with Crippen LogP contribution in [0.5, 0.6) is 5.75 Å². The molecular formula is C24H24N6O5. The predicted molar refractivity (Wildman–Crippen MR) is 130 cm³/mol. The zero-order chi connectivity index (χ0) is 24.5. The first-order chi connectivity index (χ1) is 16.9. The maximum absolute atomic E-state index is 12.5. The first kappa shape index (κ1) is 22.4. The number of ether oxygens (including phenoxy) is 2. The van der Waals surface area contributed by atoms with Gasteiger partial charge in [-0.1, -0.05) is 6.07 Å². The smallest absolute Gasteiger partial charge is 0.434 e. The predicted octanol–water partition coefficient (Wildman–Crippen LogP) is 2.67. The number of hydrogen-bond acceptors (Lipinski definition) is 8. The molecule has 5 rings (SSSR count). The standard InChI is InChI=1S/C24H24N6O5/c1-3-34-24(33)35-19-13-26-21-20(19)16-12-15(4-5-18(16)27-22(21)32)17-6-7-25-23(28-17)30-10-8-29(9-11-30)14(2)31/h4-7,12-13,26H,3,8-11H2,1-2H3,(H,27,32). The van der Waals surface area contributed by atoms with Crippen molar-refractivity contribution in [3.63, 3.8) is 0 Å². The van der Waals surface area contributed by atoms with E-state index in [4.69, 9.17) is 14.5 Å². The average molecular weight is 476 g/mol. The van der Waals surface area contributed by atoms with Gasteiger partial charge in [-0.05, 0) is 25.1 Å². The summed E-state index contributed by atoms with van der Waals surface area (Å²) in [5, 5.41) is 1.17. The van der Waals surface area contributed by atoms with Crippen LogP contribution in [0.4, 0.5) is 10.7 Å². The van der Waals surface area contributed by atoms with Gasteiger partial charge in [0.05, 0.1) is 17.7 Å². The van der Waals surface area contributed by atoms with Gasteiger partial charge in [0, 0.05) is 62.0 Å². The van der Waals surface area contributed by atoms with E-state index in [9.17, 15) is 14.4 Å². The van der Waals surface area contributed by atoms with Crippen molar-refractivity contribution in [2.75, 3.05) is 37.7 Å². The average Bonchev–Trinajstić information content (AvgIpc) is 3.28. The molecule has 0 bridgehead atoms. The van der Waals surface area contributed by atoms with Crippen molar-refractivity contribution in [1.29, 1.82) is 0 Å². The summed E-state index contributed by atoms with van der Waals surface area (Å²) < 4.78 is 10.2. The number of nitrogens with one attached hydrogen (secondary N) is 2. The first-order valence-corrected chi connectivity index (χ1v) is 11.3. The third-order valence-corrected chi connectivity index (χ3v) is 6.01. The summed E-state index contributed by atoms with van der Waals surface area (Å²) in [4.78, 5) is 54.9. The van der Waals surface area contributed by atoms with Crippen LogP contribution in [0.25, 0.3) is 33.1 Å². The van der Waals surface area contributed by atoms with E-state index in [0.29, 0.717) is 59.6 Å². The molecular weight excluding hydrogens is 452 g/mol. The largest absolute Gasteiger partial charge is 0.513 e. The van der Waals surface area contributed by atoms with Crippen LogP contribution in [0.3, 0.4) is 0 Å². The summed E-state index contributed by atoms with van der Waals surface area (Å²) >= 11 is 0. The van der Waals surface area contributed by atoms with Gasteiger partial charge in [0.1, 0.15) is 5.52 Å². The number of benzene rings is 1. The fourth-order valence-electron chi connectivity index (χ4n) is 4.26. The number of H-pyrrole nitrogens is 2. The second-order valence-electron chi connectivity index (χ2n) is 8.14. The molecule has 1 aliphatic heterocycles. The molecule has 11 nitrogen and oxygen atoms in total. The quantitative estimate of drug-likeness (QED) is 0.430. The molecule has 1 amide bonds. The number of pyridine rings is 1. The molecule has 2 N–H and O–H groups in total. The van der Waals surface area contributed by atoms with E-state index in [-0.39, 0.29) is 23.8 Å². The second-order valence-corrected chi connectivity index (χ2v) is 8.14. The van der Waals surface area contributed by atoms with Crippen molar-refractivity contribution >= 4 is 39.8 Å². The van der Waals surface area contributed by atoms with Gasteiger partial charge in [0.15, 0.2) is 5.75 Å². The monoisotopic (exact) mass is 476 g/mol. The molecule has 0 atom stereocenters. The van der Waals surface area contributed by atoms with Gasteiger partial charge in [-0.15, -0.1) is 0 Å². The maximum Gasteiger partial charge on any atom is 0.513 e. The van der Waals surface area contributed by atoms with Gasteiger partial charge < -0.3 is 29.2 Å². The molecule has 1 saturated heterocycles. The summed E-state index contributed by atoms with van der Waals surface area (Å²) in [5.41, 5.74) is 2.07. The molecule has 11 heteroatoms. The number of anilines is 1. The highest BCUT2D eigenvalue weighted by atomic mass is 16.7. The number of hydrogen-bond donors (Lipinski definition) is 2. The van der Waals surface area contributed by atoms with E-state index in [2.05, 4.69) is 19.9 Å². The highest BCUT2D eigenvalue weighted by Crippen LogP contribution is 2.33. The second kappa shape index (κ2) is 9.09. The number of fused-ring (bicyclic) bond motifs is 3. The molecule has 0 saturated carbocycles. The van der Waals surface area contributed by atoms with Crippen LogP contribution in [-0.4, -0.2) is 69.7 Å². The van der Waals surface area contributed by atoms with Gasteiger partial charge in [-0.25, -0.2) is 14.8 Å². The molecule has 35 heavy (non-hydrogen) atoms. The first-order valence-electron chi connectivity index (χ1n) is 11.3. The number of carbonyl (C=O) groups is 2.